The normalized spacial score (nSPS) is 12.6. The summed E-state index contributed by atoms with van der Waals surface area (Å²) in [5, 5.41) is 0.868. The smallest absolute Gasteiger partial charge is 0.128 e. The first-order valence-corrected chi connectivity index (χ1v) is 6.05. The quantitative estimate of drug-likeness (QED) is 0.770. The van der Waals surface area contributed by atoms with Crippen molar-refractivity contribution in [1.29, 1.82) is 0 Å². The van der Waals surface area contributed by atoms with Crippen LogP contribution in [0.25, 0.3) is 0 Å². The summed E-state index contributed by atoms with van der Waals surface area (Å²) in [4.78, 5) is 6.62. The Labute approximate surface area is 94.5 Å². The summed E-state index contributed by atoms with van der Waals surface area (Å²) in [6, 6.07) is 4.72. The molecule has 1 unspecified atom stereocenters. The third-order valence-corrected chi connectivity index (χ3v) is 3.22. The summed E-state index contributed by atoms with van der Waals surface area (Å²) in [5.74, 6) is 1.05. The van der Waals surface area contributed by atoms with E-state index in [-0.39, 0.29) is 0 Å². The minimum Gasteiger partial charge on any atom is -0.357 e. The van der Waals surface area contributed by atoms with E-state index in [0.29, 0.717) is 6.04 Å². The van der Waals surface area contributed by atoms with E-state index in [2.05, 4.69) is 58.8 Å². The monoisotopic (exact) mass is 256 g/mol. The third-order valence-electron chi connectivity index (χ3n) is 2.58. The van der Waals surface area contributed by atoms with E-state index < -0.39 is 0 Å². The number of hydrogen-bond donors (Lipinski definition) is 0. The summed E-state index contributed by atoms with van der Waals surface area (Å²) < 4.78 is 0. The molecule has 0 aromatic carbocycles. The fourth-order valence-electron chi connectivity index (χ4n) is 1.20. The topological polar surface area (TPSA) is 16.1 Å². The van der Waals surface area contributed by atoms with Gasteiger partial charge in [0.25, 0.3) is 0 Å². The van der Waals surface area contributed by atoms with Crippen LogP contribution < -0.4 is 4.90 Å². The van der Waals surface area contributed by atoms with Gasteiger partial charge in [-0.05, 0) is 25.0 Å². The van der Waals surface area contributed by atoms with E-state index in [4.69, 9.17) is 0 Å². The van der Waals surface area contributed by atoms with Crippen LogP contribution in [-0.2, 0) is 5.33 Å². The molecule has 0 saturated carbocycles. The van der Waals surface area contributed by atoms with Gasteiger partial charge in [0, 0.05) is 24.6 Å². The van der Waals surface area contributed by atoms with Crippen molar-refractivity contribution >= 4 is 21.7 Å². The maximum Gasteiger partial charge on any atom is 0.128 e. The molecule has 1 aromatic heterocycles. The number of anilines is 1. The number of alkyl halides is 1. The van der Waals surface area contributed by atoms with Gasteiger partial charge in [-0.15, -0.1) is 0 Å². The highest BCUT2D eigenvalue weighted by Gasteiger charge is 2.08. The molecule has 14 heavy (non-hydrogen) atoms. The lowest BCUT2D eigenvalue weighted by atomic mass is 10.2. The van der Waals surface area contributed by atoms with Crippen LogP contribution in [-0.4, -0.2) is 18.1 Å². The number of rotatable bonds is 4. The minimum absolute atomic E-state index is 0.539. The Bertz CT molecular complexity index is 271. The molecule has 2 nitrogen and oxygen atoms in total. The fraction of sp³-hybridized carbons (Fsp3) is 0.545. The minimum atomic E-state index is 0.539. The molecular weight excluding hydrogens is 240 g/mol. The van der Waals surface area contributed by atoms with Crippen LogP contribution in [0.2, 0.25) is 0 Å². The predicted molar refractivity (Wildman–Crippen MR) is 65.0 cm³/mol. The van der Waals surface area contributed by atoms with Crippen molar-refractivity contribution in [3.8, 4) is 0 Å². The molecule has 1 aromatic rings. The second-order valence-corrected chi connectivity index (χ2v) is 4.09. The molecule has 0 aliphatic heterocycles. The molecule has 0 fully saturated rings. The van der Waals surface area contributed by atoms with Gasteiger partial charge in [0.1, 0.15) is 5.82 Å². The van der Waals surface area contributed by atoms with E-state index in [1.165, 1.54) is 5.56 Å². The molecule has 0 amide bonds. The van der Waals surface area contributed by atoms with Gasteiger partial charge in [-0.1, -0.05) is 28.9 Å². The van der Waals surface area contributed by atoms with E-state index in [1.54, 1.807) is 0 Å². The van der Waals surface area contributed by atoms with Crippen LogP contribution in [0.5, 0.6) is 0 Å². The van der Waals surface area contributed by atoms with Crippen molar-refractivity contribution in [1.82, 2.24) is 4.98 Å². The van der Waals surface area contributed by atoms with Crippen molar-refractivity contribution < 1.29 is 0 Å². The first-order valence-electron chi connectivity index (χ1n) is 4.92. The molecule has 0 saturated heterocycles. The summed E-state index contributed by atoms with van der Waals surface area (Å²) in [7, 11) is 2.09. The van der Waals surface area contributed by atoms with Gasteiger partial charge in [0.05, 0.1) is 0 Å². The molecule has 1 rings (SSSR count). The Morgan fingerprint density at radius 2 is 2.21 bits per heavy atom. The van der Waals surface area contributed by atoms with Gasteiger partial charge < -0.3 is 4.90 Å². The molecular formula is C11H17BrN2. The first-order chi connectivity index (χ1) is 6.69. The summed E-state index contributed by atoms with van der Waals surface area (Å²) in [6.07, 6.45) is 3.06. The molecule has 0 spiro atoms. The molecule has 3 heteroatoms. The maximum absolute atomic E-state index is 4.41. The van der Waals surface area contributed by atoms with Crippen LogP contribution in [0.3, 0.4) is 0 Å². The highest BCUT2D eigenvalue weighted by Crippen LogP contribution is 2.14. The standard InChI is InChI=1S/C11H17BrN2/c1-4-9(2)14(3)11-6-5-10(7-12)8-13-11/h5-6,8-9H,4,7H2,1-3H3. The van der Waals surface area contributed by atoms with Crippen LogP contribution in [0.1, 0.15) is 25.8 Å². The van der Waals surface area contributed by atoms with Crippen LogP contribution in [0.4, 0.5) is 5.82 Å². The SMILES string of the molecule is CCC(C)N(C)c1ccc(CBr)cn1. The molecule has 1 heterocycles. The summed E-state index contributed by atoms with van der Waals surface area (Å²) in [5.41, 5.74) is 1.21. The van der Waals surface area contributed by atoms with Crippen LogP contribution in [0, 0.1) is 0 Å². The summed E-state index contributed by atoms with van der Waals surface area (Å²) in [6.45, 7) is 4.40. The Kier molecular flexibility index (Phi) is 4.39. The van der Waals surface area contributed by atoms with Gasteiger partial charge >= 0.3 is 0 Å². The van der Waals surface area contributed by atoms with Crippen molar-refractivity contribution in [3.63, 3.8) is 0 Å². The Hall–Kier alpha value is -0.570. The largest absolute Gasteiger partial charge is 0.357 e. The van der Waals surface area contributed by atoms with Crippen molar-refractivity contribution in [2.75, 3.05) is 11.9 Å². The van der Waals surface area contributed by atoms with E-state index in [0.717, 1.165) is 17.6 Å². The van der Waals surface area contributed by atoms with Crippen molar-refractivity contribution in [2.45, 2.75) is 31.6 Å². The second-order valence-electron chi connectivity index (χ2n) is 3.53. The van der Waals surface area contributed by atoms with Gasteiger partial charge in [-0.3, -0.25) is 0 Å². The van der Waals surface area contributed by atoms with Crippen LogP contribution >= 0.6 is 15.9 Å². The lowest BCUT2D eigenvalue weighted by Gasteiger charge is -2.24. The number of halogens is 1. The van der Waals surface area contributed by atoms with Gasteiger partial charge in [-0.2, -0.15) is 0 Å². The van der Waals surface area contributed by atoms with E-state index in [9.17, 15) is 0 Å². The Balaban J connectivity index is 2.75. The third kappa shape index (κ3) is 2.71. The lowest BCUT2D eigenvalue weighted by molar-refractivity contribution is 0.657. The zero-order valence-electron chi connectivity index (χ0n) is 9.00. The van der Waals surface area contributed by atoms with Crippen molar-refractivity contribution in [3.05, 3.63) is 23.9 Å². The second kappa shape index (κ2) is 5.35. The number of nitrogens with zero attached hydrogens (tertiary/aromatic N) is 2. The highest BCUT2D eigenvalue weighted by atomic mass is 79.9. The van der Waals surface area contributed by atoms with Gasteiger partial charge in [0.2, 0.25) is 0 Å². The summed E-state index contributed by atoms with van der Waals surface area (Å²) >= 11 is 3.41. The molecule has 0 bridgehead atoms. The molecule has 1 atom stereocenters. The van der Waals surface area contributed by atoms with E-state index in [1.807, 2.05) is 6.20 Å². The predicted octanol–water partition coefficient (Wildman–Crippen LogP) is 3.21. The fourth-order valence-corrected chi connectivity index (χ4v) is 1.54. The first kappa shape index (κ1) is 11.5. The molecule has 0 radical (unpaired) electrons. The van der Waals surface area contributed by atoms with Crippen LogP contribution in [0.15, 0.2) is 18.3 Å². The van der Waals surface area contributed by atoms with Crippen molar-refractivity contribution in [2.24, 2.45) is 0 Å². The number of hydrogen-bond acceptors (Lipinski definition) is 2. The molecule has 78 valence electrons. The lowest BCUT2D eigenvalue weighted by Crippen LogP contribution is -2.28. The molecule has 0 aliphatic rings. The highest BCUT2D eigenvalue weighted by molar-refractivity contribution is 9.08. The molecule has 0 N–H and O–H groups in total. The average molecular weight is 257 g/mol. The Morgan fingerprint density at radius 3 is 2.64 bits per heavy atom. The van der Waals surface area contributed by atoms with E-state index >= 15 is 0 Å². The molecule has 0 aliphatic carbocycles. The zero-order chi connectivity index (χ0) is 10.6. The maximum atomic E-state index is 4.41. The zero-order valence-corrected chi connectivity index (χ0v) is 10.6. The number of pyridine rings is 1. The number of aromatic nitrogens is 1. The van der Waals surface area contributed by atoms with Gasteiger partial charge in [0.15, 0.2) is 0 Å². The Morgan fingerprint density at radius 1 is 1.50 bits per heavy atom. The average Bonchev–Trinajstić information content (AvgIpc) is 2.27. The van der Waals surface area contributed by atoms with Gasteiger partial charge in [-0.25, -0.2) is 4.98 Å².